The molecular formula is C19H28N2O. The van der Waals surface area contributed by atoms with E-state index < -0.39 is 0 Å². The number of carbonyl (C=O) groups is 1. The lowest BCUT2D eigenvalue weighted by Crippen LogP contribution is -2.51. The lowest BCUT2D eigenvalue weighted by molar-refractivity contribution is -0.140. The van der Waals surface area contributed by atoms with Gasteiger partial charge in [-0.1, -0.05) is 32.9 Å². The molecule has 3 rings (SSSR count). The maximum atomic E-state index is 12.4. The van der Waals surface area contributed by atoms with Gasteiger partial charge in [-0.3, -0.25) is 4.79 Å². The first-order chi connectivity index (χ1) is 10.5. The second kappa shape index (κ2) is 6.31. The molecule has 1 amide bonds. The lowest BCUT2D eigenvalue weighted by atomic mass is 9.75. The molecule has 1 aromatic rings. The van der Waals surface area contributed by atoms with Crippen LogP contribution in [0.3, 0.4) is 0 Å². The Morgan fingerprint density at radius 3 is 2.14 bits per heavy atom. The van der Waals surface area contributed by atoms with E-state index in [1.54, 1.807) is 0 Å². The molecule has 0 spiro atoms. The minimum Gasteiger partial charge on any atom is -0.368 e. The number of carbonyl (C=O) groups excluding carboxylic acids is 1. The number of rotatable bonds is 3. The Morgan fingerprint density at radius 1 is 1.05 bits per heavy atom. The predicted octanol–water partition coefficient (Wildman–Crippen LogP) is 3.50. The molecule has 1 aromatic carbocycles. The van der Waals surface area contributed by atoms with Crippen LogP contribution in [0.4, 0.5) is 5.69 Å². The molecule has 0 bridgehead atoms. The van der Waals surface area contributed by atoms with Crippen molar-refractivity contribution in [2.24, 2.45) is 11.8 Å². The predicted molar refractivity (Wildman–Crippen MR) is 91.2 cm³/mol. The molecule has 3 nitrogen and oxygen atoms in total. The highest BCUT2D eigenvalue weighted by Gasteiger charge is 2.35. The van der Waals surface area contributed by atoms with Gasteiger partial charge < -0.3 is 9.80 Å². The molecule has 120 valence electrons. The van der Waals surface area contributed by atoms with Crippen molar-refractivity contribution >= 4 is 11.6 Å². The van der Waals surface area contributed by atoms with E-state index in [0.29, 0.717) is 17.7 Å². The molecule has 0 aromatic heterocycles. The molecule has 0 radical (unpaired) electrons. The summed E-state index contributed by atoms with van der Waals surface area (Å²) in [5, 5.41) is 0. The third-order valence-corrected chi connectivity index (χ3v) is 5.24. The van der Waals surface area contributed by atoms with E-state index >= 15 is 0 Å². The number of benzene rings is 1. The van der Waals surface area contributed by atoms with Gasteiger partial charge in [0.1, 0.15) is 0 Å². The largest absolute Gasteiger partial charge is 0.368 e. The van der Waals surface area contributed by atoms with Gasteiger partial charge in [0.15, 0.2) is 0 Å². The van der Waals surface area contributed by atoms with Crippen LogP contribution in [0.5, 0.6) is 0 Å². The Balaban J connectivity index is 1.54. The molecule has 0 unspecified atom stereocenters. The molecule has 1 aliphatic heterocycles. The van der Waals surface area contributed by atoms with Gasteiger partial charge in [0.25, 0.3) is 0 Å². The van der Waals surface area contributed by atoms with Crippen LogP contribution in [0.2, 0.25) is 0 Å². The van der Waals surface area contributed by atoms with Gasteiger partial charge in [-0.05, 0) is 42.4 Å². The summed E-state index contributed by atoms with van der Waals surface area (Å²) in [6.07, 6.45) is 2.19. The van der Waals surface area contributed by atoms with E-state index in [4.69, 9.17) is 0 Å². The second-order valence-corrected chi connectivity index (χ2v) is 7.33. The van der Waals surface area contributed by atoms with Crippen molar-refractivity contribution in [2.45, 2.75) is 39.5 Å². The first-order valence-corrected chi connectivity index (χ1v) is 8.68. The van der Waals surface area contributed by atoms with Crippen LogP contribution in [0, 0.1) is 11.8 Å². The highest BCUT2D eigenvalue weighted by atomic mass is 16.2. The SMILES string of the molecule is CC1CC(C(=O)N2CCN(c3ccc(C(C)C)cc3)CC2)C1. The molecule has 1 aliphatic carbocycles. The van der Waals surface area contributed by atoms with Crippen LogP contribution >= 0.6 is 0 Å². The van der Waals surface area contributed by atoms with Gasteiger partial charge >= 0.3 is 0 Å². The van der Waals surface area contributed by atoms with E-state index in [9.17, 15) is 4.79 Å². The number of amides is 1. The van der Waals surface area contributed by atoms with Gasteiger partial charge in [0, 0.05) is 37.8 Å². The summed E-state index contributed by atoms with van der Waals surface area (Å²) in [5.41, 5.74) is 2.67. The average molecular weight is 300 g/mol. The molecule has 2 fully saturated rings. The van der Waals surface area contributed by atoms with Crippen molar-refractivity contribution in [1.82, 2.24) is 4.90 Å². The third-order valence-electron chi connectivity index (χ3n) is 5.24. The zero-order valence-corrected chi connectivity index (χ0v) is 14.1. The molecule has 2 aliphatic rings. The summed E-state index contributed by atoms with van der Waals surface area (Å²) in [6, 6.07) is 8.90. The summed E-state index contributed by atoms with van der Waals surface area (Å²) in [6.45, 7) is 10.3. The molecule has 3 heteroatoms. The number of nitrogens with zero attached hydrogens (tertiary/aromatic N) is 2. The van der Waals surface area contributed by atoms with Gasteiger partial charge in [-0.2, -0.15) is 0 Å². The Labute approximate surface area is 134 Å². The summed E-state index contributed by atoms with van der Waals surface area (Å²) in [7, 11) is 0. The minimum absolute atomic E-state index is 0.312. The quantitative estimate of drug-likeness (QED) is 0.853. The van der Waals surface area contributed by atoms with Gasteiger partial charge in [-0.25, -0.2) is 0 Å². The summed E-state index contributed by atoms with van der Waals surface area (Å²) in [4.78, 5) is 16.9. The number of hydrogen-bond acceptors (Lipinski definition) is 2. The maximum Gasteiger partial charge on any atom is 0.225 e. The molecule has 0 N–H and O–H groups in total. The smallest absolute Gasteiger partial charge is 0.225 e. The van der Waals surface area contributed by atoms with Crippen LogP contribution in [-0.2, 0) is 4.79 Å². The molecule has 1 heterocycles. The topological polar surface area (TPSA) is 23.6 Å². The van der Waals surface area contributed by atoms with E-state index in [1.165, 1.54) is 11.3 Å². The van der Waals surface area contributed by atoms with Crippen LogP contribution in [0.15, 0.2) is 24.3 Å². The van der Waals surface area contributed by atoms with Crippen LogP contribution in [-0.4, -0.2) is 37.0 Å². The van der Waals surface area contributed by atoms with E-state index in [2.05, 4.69) is 54.8 Å². The zero-order chi connectivity index (χ0) is 15.7. The summed E-state index contributed by atoms with van der Waals surface area (Å²) in [5.74, 6) is 2.03. The Hall–Kier alpha value is -1.51. The molecule has 0 atom stereocenters. The Kier molecular flexibility index (Phi) is 4.42. The van der Waals surface area contributed by atoms with Crippen molar-refractivity contribution in [3.63, 3.8) is 0 Å². The van der Waals surface area contributed by atoms with Crippen molar-refractivity contribution in [2.75, 3.05) is 31.1 Å². The van der Waals surface area contributed by atoms with Crippen molar-refractivity contribution < 1.29 is 4.79 Å². The first-order valence-electron chi connectivity index (χ1n) is 8.68. The maximum absolute atomic E-state index is 12.4. The normalized spacial score (nSPS) is 25.3. The van der Waals surface area contributed by atoms with E-state index in [0.717, 1.165) is 44.9 Å². The third kappa shape index (κ3) is 3.13. The van der Waals surface area contributed by atoms with Crippen molar-refractivity contribution in [3.05, 3.63) is 29.8 Å². The van der Waals surface area contributed by atoms with Gasteiger partial charge in [0.2, 0.25) is 5.91 Å². The van der Waals surface area contributed by atoms with E-state index in [1.807, 2.05) is 0 Å². The monoisotopic (exact) mass is 300 g/mol. The standard InChI is InChI=1S/C19H28N2O/c1-14(2)16-4-6-18(7-5-16)20-8-10-21(11-9-20)19(22)17-12-15(3)13-17/h4-7,14-15,17H,8-13H2,1-3H3. The average Bonchev–Trinajstić information content (AvgIpc) is 2.51. The Bertz CT molecular complexity index is 509. The van der Waals surface area contributed by atoms with Gasteiger partial charge in [0.05, 0.1) is 0 Å². The molecular weight excluding hydrogens is 272 g/mol. The van der Waals surface area contributed by atoms with Crippen molar-refractivity contribution in [1.29, 1.82) is 0 Å². The minimum atomic E-state index is 0.312. The number of piperazine rings is 1. The van der Waals surface area contributed by atoms with Crippen LogP contribution < -0.4 is 4.90 Å². The number of hydrogen-bond donors (Lipinski definition) is 0. The lowest BCUT2D eigenvalue weighted by Gasteiger charge is -2.40. The fraction of sp³-hybridized carbons (Fsp3) is 0.632. The molecule has 22 heavy (non-hydrogen) atoms. The second-order valence-electron chi connectivity index (χ2n) is 7.33. The highest BCUT2D eigenvalue weighted by Crippen LogP contribution is 2.34. The highest BCUT2D eigenvalue weighted by molar-refractivity contribution is 5.80. The fourth-order valence-electron chi connectivity index (χ4n) is 3.62. The summed E-state index contributed by atoms with van der Waals surface area (Å²) < 4.78 is 0. The summed E-state index contributed by atoms with van der Waals surface area (Å²) >= 11 is 0. The molecule has 1 saturated heterocycles. The van der Waals surface area contributed by atoms with Gasteiger partial charge in [-0.15, -0.1) is 0 Å². The number of anilines is 1. The van der Waals surface area contributed by atoms with Crippen LogP contribution in [0.1, 0.15) is 45.1 Å². The van der Waals surface area contributed by atoms with E-state index in [-0.39, 0.29) is 0 Å². The van der Waals surface area contributed by atoms with Crippen molar-refractivity contribution in [3.8, 4) is 0 Å². The first kappa shape index (κ1) is 15.4. The van der Waals surface area contributed by atoms with Crippen LogP contribution in [0.25, 0.3) is 0 Å². The fourth-order valence-corrected chi connectivity index (χ4v) is 3.62. The Morgan fingerprint density at radius 2 is 1.64 bits per heavy atom. The molecule has 1 saturated carbocycles. The zero-order valence-electron chi connectivity index (χ0n) is 14.1.